The van der Waals surface area contributed by atoms with E-state index in [-0.39, 0.29) is 0 Å². The highest BCUT2D eigenvalue weighted by Crippen LogP contribution is 2.28. The Bertz CT molecular complexity index is 535. The van der Waals surface area contributed by atoms with Crippen LogP contribution in [0.15, 0.2) is 42.5 Å². The second-order valence-electron chi connectivity index (χ2n) is 4.32. The minimum absolute atomic E-state index is 0.528. The van der Waals surface area contributed by atoms with Crippen LogP contribution in [-0.2, 0) is 6.42 Å². The Balaban J connectivity index is 2.19. The standard InChI is InChI=1S/C15H14Cl2O/c1-10-3-2-4-13(15(10)17)14(18)9-11-5-7-12(16)8-6-11/h2-8,14,18H,9H2,1H3. The summed E-state index contributed by atoms with van der Waals surface area (Å²) in [5.74, 6) is 0. The highest BCUT2D eigenvalue weighted by atomic mass is 35.5. The number of rotatable bonds is 3. The van der Waals surface area contributed by atoms with E-state index in [2.05, 4.69) is 0 Å². The number of hydrogen-bond acceptors (Lipinski definition) is 1. The zero-order valence-electron chi connectivity index (χ0n) is 10.0. The van der Waals surface area contributed by atoms with E-state index in [1.165, 1.54) is 0 Å². The quantitative estimate of drug-likeness (QED) is 0.873. The summed E-state index contributed by atoms with van der Waals surface area (Å²) in [4.78, 5) is 0. The number of halogens is 2. The molecule has 0 fully saturated rings. The van der Waals surface area contributed by atoms with Gasteiger partial charge in [0.15, 0.2) is 0 Å². The Hall–Kier alpha value is -1.02. The van der Waals surface area contributed by atoms with Crippen molar-refractivity contribution in [3.8, 4) is 0 Å². The van der Waals surface area contributed by atoms with Gasteiger partial charge in [-0.3, -0.25) is 0 Å². The maximum atomic E-state index is 10.2. The lowest BCUT2D eigenvalue weighted by atomic mass is 10.00. The van der Waals surface area contributed by atoms with Crippen LogP contribution in [0.25, 0.3) is 0 Å². The Morgan fingerprint density at radius 2 is 1.72 bits per heavy atom. The van der Waals surface area contributed by atoms with E-state index in [0.29, 0.717) is 16.5 Å². The van der Waals surface area contributed by atoms with Gasteiger partial charge in [0.2, 0.25) is 0 Å². The highest BCUT2D eigenvalue weighted by molar-refractivity contribution is 6.32. The fraction of sp³-hybridized carbons (Fsp3) is 0.200. The van der Waals surface area contributed by atoms with Crippen LogP contribution >= 0.6 is 23.2 Å². The Morgan fingerprint density at radius 3 is 2.39 bits per heavy atom. The largest absolute Gasteiger partial charge is 0.388 e. The predicted octanol–water partition coefficient (Wildman–Crippen LogP) is 4.58. The lowest BCUT2D eigenvalue weighted by molar-refractivity contribution is 0.178. The third-order valence-corrected chi connectivity index (χ3v) is 3.69. The molecule has 94 valence electrons. The summed E-state index contributed by atoms with van der Waals surface area (Å²) < 4.78 is 0. The normalized spacial score (nSPS) is 12.4. The molecule has 1 nitrogen and oxygen atoms in total. The maximum absolute atomic E-state index is 10.2. The van der Waals surface area contributed by atoms with Crippen LogP contribution in [0.5, 0.6) is 0 Å². The molecule has 0 heterocycles. The first kappa shape index (κ1) is 13.4. The molecule has 1 N–H and O–H groups in total. The molecular weight excluding hydrogens is 267 g/mol. The SMILES string of the molecule is Cc1cccc(C(O)Cc2ccc(Cl)cc2)c1Cl. The second-order valence-corrected chi connectivity index (χ2v) is 5.14. The molecule has 3 heteroatoms. The summed E-state index contributed by atoms with van der Waals surface area (Å²) in [5, 5.41) is 11.6. The van der Waals surface area contributed by atoms with Crippen molar-refractivity contribution >= 4 is 23.2 Å². The van der Waals surface area contributed by atoms with Crippen LogP contribution in [-0.4, -0.2) is 5.11 Å². The van der Waals surface area contributed by atoms with Crippen LogP contribution in [0.2, 0.25) is 10.0 Å². The molecule has 0 bridgehead atoms. The van der Waals surface area contributed by atoms with Crippen molar-refractivity contribution < 1.29 is 5.11 Å². The van der Waals surface area contributed by atoms with Crippen molar-refractivity contribution in [2.75, 3.05) is 0 Å². The van der Waals surface area contributed by atoms with Crippen molar-refractivity contribution in [1.29, 1.82) is 0 Å². The van der Waals surface area contributed by atoms with Crippen LogP contribution in [0.4, 0.5) is 0 Å². The van der Waals surface area contributed by atoms with E-state index in [0.717, 1.165) is 16.7 Å². The lowest BCUT2D eigenvalue weighted by Gasteiger charge is -2.14. The van der Waals surface area contributed by atoms with Gasteiger partial charge in [-0.2, -0.15) is 0 Å². The van der Waals surface area contributed by atoms with Gasteiger partial charge in [0.1, 0.15) is 0 Å². The number of aryl methyl sites for hydroxylation is 1. The van der Waals surface area contributed by atoms with Crippen LogP contribution in [0.1, 0.15) is 22.8 Å². The van der Waals surface area contributed by atoms with Crippen LogP contribution < -0.4 is 0 Å². The number of aliphatic hydroxyl groups excluding tert-OH is 1. The molecule has 2 rings (SSSR count). The number of hydrogen-bond donors (Lipinski definition) is 1. The molecule has 0 aliphatic carbocycles. The number of aliphatic hydroxyl groups is 1. The average Bonchev–Trinajstić information content (AvgIpc) is 2.35. The van der Waals surface area contributed by atoms with Crippen LogP contribution in [0.3, 0.4) is 0 Å². The molecule has 2 aromatic carbocycles. The van der Waals surface area contributed by atoms with E-state index in [1.54, 1.807) is 0 Å². The lowest BCUT2D eigenvalue weighted by Crippen LogP contribution is -2.03. The molecule has 1 unspecified atom stereocenters. The topological polar surface area (TPSA) is 20.2 Å². The minimum Gasteiger partial charge on any atom is -0.388 e. The molecule has 0 saturated heterocycles. The van der Waals surface area contributed by atoms with E-state index in [9.17, 15) is 5.11 Å². The third-order valence-electron chi connectivity index (χ3n) is 2.92. The highest BCUT2D eigenvalue weighted by Gasteiger charge is 2.13. The molecule has 0 saturated carbocycles. The van der Waals surface area contributed by atoms with Crippen molar-refractivity contribution in [2.45, 2.75) is 19.4 Å². The molecule has 0 aromatic heterocycles. The first-order valence-corrected chi connectivity index (χ1v) is 6.51. The van der Waals surface area contributed by atoms with Gasteiger partial charge in [0.25, 0.3) is 0 Å². The van der Waals surface area contributed by atoms with Gasteiger partial charge in [-0.15, -0.1) is 0 Å². The summed E-state index contributed by atoms with van der Waals surface area (Å²) >= 11 is 12.0. The van der Waals surface area contributed by atoms with Crippen molar-refractivity contribution in [3.63, 3.8) is 0 Å². The summed E-state index contributed by atoms with van der Waals surface area (Å²) in [6.07, 6.45) is -0.0704. The molecule has 0 aliphatic rings. The van der Waals surface area contributed by atoms with Gasteiger partial charge in [-0.05, 0) is 35.7 Å². The molecular formula is C15H14Cl2O. The van der Waals surface area contributed by atoms with Gasteiger partial charge < -0.3 is 5.11 Å². The minimum atomic E-state index is -0.599. The Labute approximate surface area is 117 Å². The summed E-state index contributed by atoms with van der Waals surface area (Å²) in [6, 6.07) is 13.2. The molecule has 0 aliphatic heterocycles. The predicted molar refractivity (Wildman–Crippen MR) is 76.3 cm³/mol. The fourth-order valence-electron chi connectivity index (χ4n) is 1.88. The van der Waals surface area contributed by atoms with Gasteiger partial charge >= 0.3 is 0 Å². The number of benzene rings is 2. The van der Waals surface area contributed by atoms with Crippen molar-refractivity contribution in [2.24, 2.45) is 0 Å². The average molecular weight is 281 g/mol. The zero-order valence-corrected chi connectivity index (χ0v) is 11.5. The van der Waals surface area contributed by atoms with E-state index >= 15 is 0 Å². The summed E-state index contributed by atoms with van der Waals surface area (Å²) in [5.41, 5.74) is 2.78. The molecule has 0 amide bonds. The third kappa shape index (κ3) is 3.05. The fourth-order valence-corrected chi connectivity index (χ4v) is 2.26. The molecule has 0 spiro atoms. The van der Waals surface area contributed by atoms with E-state index in [1.807, 2.05) is 49.4 Å². The van der Waals surface area contributed by atoms with E-state index < -0.39 is 6.10 Å². The first-order valence-electron chi connectivity index (χ1n) is 5.75. The summed E-state index contributed by atoms with van der Waals surface area (Å²) in [6.45, 7) is 1.93. The van der Waals surface area contributed by atoms with Gasteiger partial charge in [-0.25, -0.2) is 0 Å². The van der Waals surface area contributed by atoms with Gasteiger partial charge in [0, 0.05) is 16.5 Å². The monoisotopic (exact) mass is 280 g/mol. The first-order chi connectivity index (χ1) is 8.58. The van der Waals surface area contributed by atoms with Crippen LogP contribution in [0, 0.1) is 6.92 Å². The summed E-state index contributed by atoms with van der Waals surface area (Å²) in [7, 11) is 0. The zero-order chi connectivity index (χ0) is 13.1. The molecule has 18 heavy (non-hydrogen) atoms. The van der Waals surface area contributed by atoms with E-state index in [4.69, 9.17) is 23.2 Å². The van der Waals surface area contributed by atoms with Gasteiger partial charge in [0.05, 0.1) is 6.10 Å². The maximum Gasteiger partial charge on any atom is 0.0844 e. The molecule has 2 aromatic rings. The molecule has 1 atom stereocenters. The van der Waals surface area contributed by atoms with Crippen molar-refractivity contribution in [1.82, 2.24) is 0 Å². The van der Waals surface area contributed by atoms with Gasteiger partial charge in [-0.1, -0.05) is 53.5 Å². The smallest absolute Gasteiger partial charge is 0.0844 e. The Kier molecular flexibility index (Phi) is 4.28. The Morgan fingerprint density at radius 1 is 1.06 bits per heavy atom. The van der Waals surface area contributed by atoms with Crippen molar-refractivity contribution in [3.05, 3.63) is 69.2 Å². The molecule has 0 radical (unpaired) electrons. The second kappa shape index (κ2) is 5.75.